The first-order valence-corrected chi connectivity index (χ1v) is 3.96. The fourth-order valence-electron chi connectivity index (χ4n) is 0.667. The van der Waals surface area contributed by atoms with Gasteiger partial charge in [-0.25, -0.2) is 0 Å². The van der Waals surface area contributed by atoms with Gasteiger partial charge in [0.1, 0.15) is 0 Å². The standard InChI is InChI=1S/C8H9N.C2H6/c1-2-3-8-4-6-9-7-5-8;1-2/h2-7H,1H3;1-2H3/b3-2-;. The van der Waals surface area contributed by atoms with Crippen molar-refractivity contribution in [3.8, 4) is 0 Å². The van der Waals surface area contributed by atoms with Gasteiger partial charge >= 0.3 is 0 Å². The van der Waals surface area contributed by atoms with E-state index in [-0.39, 0.29) is 0 Å². The Morgan fingerprint density at radius 2 is 1.73 bits per heavy atom. The smallest absolute Gasteiger partial charge is 0.0273 e. The minimum absolute atomic E-state index is 1.20. The van der Waals surface area contributed by atoms with Crippen molar-refractivity contribution in [2.24, 2.45) is 0 Å². The van der Waals surface area contributed by atoms with Gasteiger partial charge in [-0.3, -0.25) is 4.98 Å². The first kappa shape index (κ1) is 9.89. The topological polar surface area (TPSA) is 12.9 Å². The predicted molar refractivity (Wildman–Crippen MR) is 50.3 cm³/mol. The number of aromatic nitrogens is 1. The van der Waals surface area contributed by atoms with Crippen LogP contribution >= 0.6 is 0 Å². The molecule has 0 radical (unpaired) electrons. The molecule has 1 heteroatoms. The van der Waals surface area contributed by atoms with Crippen LogP contribution < -0.4 is 0 Å². The minimum Gasteiger partial charge on any atom is -0.265 e. The highest BCUT2D eigenvalue weighted by molar-refractivity contribution is 5.47. The Bertz CT molecular complexity index is 189. The minimum atomic E-state index is 1.20. The summed E-state index contributed by atoms with van der Waals surface area (Å²) in [5.74, 6) is 0. The van der Waals surface area contributed by atoms with Crippen molar-refractivity contribution in [2.75, 3.05) is 0 Å². The van der Waals surface area contributed by atoms with Gasteiger partial charge in [-0.05, 0) is 24.6 Å². The van der Waals surface area contributed by atoms with Gasteiger partial charge in [0.25, 0.3) is 0 Å². The average molecular weight is 149 g/mol. The van der Waals surface area contributed by atoms with E-state index < -0.39 is 0 Å². The molecule has 0 bridgehead atoms. The number of allylic oxidation sites excluding steroid dienone is 1. The highest BCUT2D eigenvalue weighted by Gasteiger charge is 1.78. The summed E-state index contributed by atoms with van der Waals surface area (Å²) in [5.41, 5.74) is 1.20. The third-order valence-corrected chi connectivity index (χ3v) is 1.07. The SMILES string of the molecule is C/C=C\c1ccncc1.CC. The summed E-state index contributed by atoms with van der Waals surface area (Å²) in [6.45, 7) is 6.00. The Kier molecular flexibility index (Phi) is 6.30. The van der Waals surface area contributed by atoms with Crippen LogP contribution in [0.1, 0.15) is 26.3 Å². The Morgan fingerprint density at radius 3 is 2.18 bits per heavy atom. The summed E-state index contributed by atoms with van der Waals surface area (Å²) in [5, 5.41) is 0. The lowest BCUT2D eigenvalue weighted by Crippen LogP contribution is -1.70. The van der Waals surface area contributed by atoms with Crippen LogP contribution in [0.25, 0.3) is 6.08 Å². The van der Waals surface area contributed by atoms with E-state index in [1.165, 1.54) is 5.56 Å². The van der Waals surface area contributed by atoms with Gasteiger partial charge in [0.05, 0.1) is 0 Å². The Balaban J connectivity index is 0.000000461. The molecule has 0 fully saturated rings. The van der Waals surface area contributed by atoms with Crippen molar-refractivity contribution < 1.29 is 0 Å². The Morgan fingerprint density at radius 1 is 1.18 bits per heavy atom. The molecule has 0 aromatic carbocycles. The predicted octanol–water partition coefficient (Wildman–Crippen LogP) is 3.14. The number of rotatable bonds is 1. The van der Waals surface area contributed by atoms with Gasteiger partial charge in [-0.1, -0.05) is 26.0 Å². The maximum absolute atomic E-state index is 3.89. The molecular weight excluding hydrogens is 134 g/mol. The summed E-state index contributed by atoms with van der Waals surface area (Å²) < 4.78 is 0. The van der Waals surface area contributed by atoms with Crippen molar-refractivity contribution in [3.05, 3.63) is 36.2 Å². The van der Waals surface area contributed by atoms with Crippen LogP contribution in [0.3, 0.4) is 0 Å². The maximum Gasteiger partial charge on any atom is 0.0273 e. The number of hydrogen-bond donors (Lipinski definition) is 0. The van der Waals surface area contributed by atoms with E-state index in [0.717, 1.165) is 0 Å². The van der Waals surface area contributed by atoms with E-state index in [2.05, 4.69) is 4.98 Å². The lowest BCUT2D eigenvalue weighted by molar-refractivity contribution is 1.32. The molecule has 0 amide bonds. The molecule has 1 aromatic rings. The van der Waals surface area contributed by atoms with Gasteiger partial charge < -0.3 is 0 Å². The molecule has 1 heterocycles. The van der Waals surface area contributed by atoms with Crippen LogP contribution in [-0.4, -0.2) is 4.98 Å². The molecule has 60 valence electrons. The van der Waals surface area contributed by atoms with Crippen molar-refractivity contribution >= 4 is 6.08 Å². The van der Waals surface area contributed by atoms with Gasteiger partial charge in [0.15, 0.2) is 0 Å². The summed E-state index contributed by atoms with van der Waals surface area (Å²) >= 11 is 0. The normalized spacial score (nSPS) is 9.00. The molecule has 0 spiro atoms. The Hall–Kier alpha value is -1.11. The molecule has 0 unspecified atom stereocenters. The van der Waals surface area contributed by atoms with Crippen LogP contribution in [0.2, 0.25) is 0 Å². The highest BCUT2D eigenvalue weighted by atomic mass is 14.6. The highest BCUT2D eigenvalue weighted by Crippen LogP contribution is 1.97. The number of hydrogen-bond acceptors (Lipinski definition) is 1. The van der Waals surface area contributed by atoms with Crippen LogP contribution in [-0.2, 0) is 0 Å². The Labute approximate surface area is 68.8 Å². The molecule has 1 nitrogen and oxygen atoms in total. The lowest BCUT2D eigenvalue weighted by Gasteiger charge is -1.86. The summed E-state index contributed by atoms with van der Waals surface area (Å²) in [7, 11) is 0. The monoisotopic (exact) mass is 149 g/mol. The molecule has 0 aliphatic heterocycles. The third-order valence-electron chi connectivity index (χ3n) is 1.07. The molecule has 0 saturated carbocycles. The van der Waals surface area contributed by atoms with Crippen molar-refractivity contribution in [1.82, 2.24) is 4.98 Å². The van der Waals surface area contributed by atoms with E-state index in [0.29, 0.717) is 0 Å². The van der Waals surface area contributed by atoms with E-state index in [9.17, 15) is 0 Å². The van der Waals surface area contributed by atoms with E-state index in [4.69, 9.17) is 0 Å². The molecule has 1 rings (SSSR count). The second kappa shape index (κ2) is 7.00. The van der Waals surface area contributed by atoms with E-state index in [1.54, 1.807) is 12.4 Å². The number of pyridine rings is 1. The van der Waals surface area contributed by atoms with Crippen molar-refractivity contribution in [3.63, 3.8) is 0 Å². The zero-order chi connectivity index (χ0) is 8.53. The molecule has 1 aromatic heterocycles. The zero-order valence-electron chi connectivity index (χ0n) is 7.41. The summed E-state index contributed by atoms with van der Waals surface area (Å²) in [6.07, 6.45) is 7.63. The van der Waals surface area contributed by atoms with Crippen molar-refractivity contribution in [2.45, 2.75) is 20.8 Å². The van der Waals surface area contributed by atoms with Gasteiger partial charge in [0, 0.05) is 12.4 Å². The quantitative estimate of drug-likeness (QED) is 0.597. The van der Waals surface area contributed by atoms with Gasteiger partial charge in [-0.2, -0.15) is 0 Å². The second-order valence-electron chi connectivity index (χ2n) is 1.78. The third kappa shape index (κ3) is 4.31. The molecule has 0 atom stereocenters. The molecule has 0 N–H and O–H groups in total. The van der Waals surface area contributed by atoms with Gasteiger partial charge in [0.2, 0.25) is 0 Å². The molecule has 0 aliphatic carbocycles. The van der Waals surface area contributed by atoms with Crippen LogP contribution in [0.4, 0.5) is 0 Å². The zero-order valence-corrected chi connectivity index (χ0v) is 7.41. The summed E-state index contributed by atoms with van der Waals surface area (Å²) in [6, 6.07) is 3.94. The molecule has 0 saturated heterocycles. The van der Waals surface area contributed by atoms with Crippen LogP contribution in [0.15, 0.2) is 30.6 Å². The fourth-order valence-corrected chi connectivity index (χ4v) is 0.667. The number of nitrogens with zero attached hydrogens (tertiary/aromatic N) is 1. The van der Waals surface area contributed by atoms with Crippen LogP contribution in [0.5, 0.6) is 0 Å². The molecule has 0 aliphatic rings. The largest absolute Gasteiger partial charge is 0.265 e. The van der Waals surface area contributed by atoms with Crippen LogP contribution in [0, 0.1) is 0 Å². The lowest BCUT2D eigenvalue weighted by atomic mass is 10.2. The molecular formula is C10H15N. The van der Waals surface area contributed by atoms with E-state index >= 15 is 0 Å². The molecule has 11 heavy (non-hydrogen) atoms. The maximum atomic E-state index is 3.89. The first-order chi connectivity index (χ1) is 5.43. The second-order valence-corrected chi connectivity index (χ2v) is 1.78. The fraction of sp³-hybridized carbons (Fsp3) is 0.300. The average Bonchev–Trinajstić information content (AvgIpc) is 2.11. The van der Waals surface area contributed by atoms with Gasteiger partial charge in [-0.15, -0.1) is 0 Å². The summed E-state index contributed by atoms with van der Waals surface area (Å²) in [4.78, 5) is 3.89. The van der Waals surface area contributed by atoms with Crippen molar-refractivity contribution in [1.29, 1.82) is 0 Å². The van der Waals surface area contributed by atoms with E-state index in [1.807, 2.05) is 45.1 Å². The first-order valence-electron chi connectivity index (χ1n) is 3.96.